The highest BCUT2D eigenvalue weighted by Crippen LogP contribution is 2.20. The Hall–Kier alpha value is -0.690. The van der Waals surface area contributed by atoms with Gasteiger partial charge in [-0.2, -0.15) is 0 Å². The third-order valence-corrected chi connectivity index (χ3v) is 1.94. The summed E-state index contributed by atoms with van der Waals surface area (Å²) >= 11 is 0. The molecule has 0 spiro atoms. The number of carbonyl (C=O) groups is 1. The lowest BCUT2D eigenvalue weighted by Gasteiger charge is -2.33. The van der Waals surface area contributed by atoms with Crippen molar-refractivity contribution < 1.29 is 29.6 Å². The van der Waals surface area contributed by atoms with Crippen molar-refractivity contribution in [3.05, 3.63) is 0 Å². The fraction of sp³-hybridized carbons (Fsp3) is 0.857. The van der Waals surface area contributed by atoms with Crippen molar-refractivity contribution in [1.29, 1.82) is 0 Å². The predicted octanol–water partition coefficient (Wildman–Crippen LogP) is -1.45. The van der Waals surface area contributed by atoms with E-state index >= 15 is 0 Å². The minimum Gasteiger partial charge on any atom is -0.479 e. The highest BCUT2D eigenvalue weighted by molar-refractivity contribution is 5.73. The van der Waals surface area contributed by atoms with Gasteiger partial charge in [-0.25, -0.2) is 4.79 Å². The van der Waals surface area contributed by atoms with E-state index in [-0.39, 0.29) is 6.42 Å². The van der Waals surface area contributed by atoms with E-state index < -0.39 is 30.6 Å². The van der Waals surface area contributed by atoms with E-state index in [4.69, 9.17) is 14.6 Å². The molecule has 1 aliphatic rings. The van der Waals surface area contributed by atoms with E-state index in [9.17, 15) is 15.0 Å². The molecule has 0 amide bonds. The number of hydrogen-bond acceptors (Lipinski definition) is 5. The first-order valence-corrected chi connectivity index (χ1v) is 3.83. The van der Waals surface area contributed by atoms with E-state index in [1.54, 1.807) is 0 Å². The molecule has 0 aromatic heterocycles. The van der Waals surface area contributed by atoms with Crippen molar-refractivity contribution in [3.63, 3.8) is 0 Å². The fourth-order valence-corrected chi connectivity index (χ4v) is 1.19. The second kappa shape index (κ2) is 4.01. The van der Waals surface area contributed by atoms with Gasteiger partial charge in [-0.3, -0.25) is 0 Å². The van der Waals surface area contributed by atoms with Crippen LogP contribution in [-0.2, 0) is 14.3 Å². The van der Waals surface area contributed by atoms with Crippen LogP contribution in [0.3, 0.4) is 0 Å². The van der Waals surface area contributed by atoms with Gasteiger partial charge >= 0.3 is 5.97 Å². The van der Waals surface area contributed by atoms with E-state index in [1.165, 1.54) is 7.11 Å². The zero-order valence-corrected chi connectivity index (χ0v) is 7.08. The molecule has 76 valence electrons. The largest absolute Gasteiger partial charge is 0.479 e. The van der Waals surface area contributed by atoms with Crippen molar-refractivity contribution >= 4 is 5.97 Å². The molecule has 1 heterocycles. The Kier molecular flexibility index (Phi) is 3.21. The monoisotopic (exact) mass is 192 g/mol. The summed E-state index contributed by atoms with van der Waals surface area (Å²) < 4.78 is 9.58. The lowest BCUT2D eigenvalue weighted by molar-refractivity contribution is -0.244. The summed E-state index contributed by atoms with van der Waals surface area (Å²) in [6.45, 7) is 0. The van der Waals surface area contributed by atoms with Gasteiger partial charge in [0.2, 0.25) is 0 Å². The first kappa shape index (κ1) is 10.4. The minimum absolute atomic E-state index is 0.0709. The Labute approximate surface area is 74.7 Å². The third-order valence-electron chi connectivity index (χ3n) is 1.94. The number of ether oxygens (including phenoxy) is 2. The summed E-state index contributed by atoms with van der Waals surface area (Å²) in [5, 5.41) is 27.0. The molecule has 0 unspecified atom stereocenters. The Morgan fingerprint density at radius 3 is 2.62 bits per heavy atom. The summed E-state index contributed by atoms with van der Waals surface area (Å²) in [6.07, 6.45) is -4.65. The molecule has 1 fully saturated rings. The predicted molar refractivity (Wildman–Crippen MR) is 39.9 cm³/mol. The highest BCUT2D eigenvalue weighted by atomic mass is 16.7. The first-order chi connectivity index (χ1) is 6.06. The van der Waals surface area contributed by atoms with Gasteiger partial charge in [0.1, 0.15) is 6.10 Å². The second-order valence-electron chi connectivity index (χ2n) is 2.85. The second-order valence-corrected chi connectivity index (χ2v) is 2.85. The van der Waals surface area contributed by atoms with Crippen LogP contribution < -0.4 is 0 Å². The third kappa shape index (κ3) is 2.16. The maximum atomic E-state index is 10.5. The van der Waals surface area contributed by atoms with E-state index in [0.717, 1.165) is 0 Å². The smallest absolute Gasteiger partial charge is 0.335 e. The van der Waals surface area contributed by atoms with Gasteiger partial charge in [-0.1, -0.05) is 0 Å². The van der Waals surface area contributed by atoms with Crippen molar-refractivity contribution in [2.45, 2.75) is 31.0 Å². The molecule has 6 heteroatoms. The maximum absolute atomic E-state index is 10.5. The van der Waals surface area contributed by atoms with Gasteiger partial charge in [0.05, 0.1) is 6.10 Å². The Balaban J connectivity index is 2.66. The number of carboxylic acids is 1. The number of hydrogen-bond donors (Lipinski definition) is 3. The van der Waals surface area contributed by atoms with Gasteiger partial charge in [0, 0.05) is 13.5 Å². The van der Waals surface area contributed by atoms with Gasteiger partial charge in [-0.15, -0.1) is 0 Å². The van der Waals surface area contributed by atoms with Crippen LogP contribution in [0, 0.1) is 0 Å². The van der Waals surface area contributed by atoms with E-state index in [2.05, 4.69) is 0 Å². The topological polar surface area (TPSA) is 96.2 Å². The Bertz CT molecular complexity index is 193. The molecule has 4 atom stereocenters. The van der Waals surface area contributed by atoms with Crippen LogP contribution in [-0.4, -0.2) is 53.0 Å². The Morgan fingerprint density at radius 2 is 2.15 bits per heavy atom. The van der Waals surface area contributed by atoms with Crippen molar-refractivity contribution in [3.8, 4) is 0 Å². The molecule has 6 nitrogen and oxygen atoms in total. The van der Waals surface area contributed by atoms with Gasteiger partial charge in [-0.05, 0) is 0 Å². The van der Waals surface area contributed by atoms with Crippen molar-refractivity contribution in [2.75, 3.05) is 7.11 Å². The maximum Gasteiger partial charge on any atom is 0.335 e. The molecule has 3 N–H and O–H groups in total. The molecule has 0 aromatic carbocycles. The number of aliphatic hydroxyl groups excluding tert-OH is 2. The van der Waals surface area contributed by atoms with Crippen LogP contribution >= 0.6 is 0 Å². The van der Waals surface area contributed by atoms with Crippen LogP contribution in [0.15, 0.2) is 0 Å². The number of rotatable bonds is 2. The summed E-state index contributed by atoms with van der Waals surface area (Å²) in [5.41, 5.74) is 0. The molecule has 1 aliphatic heterocycles. The lowest BCUT2D eigenvalue weighted by Crippen LogP contribution is -2.52. The van der Waals surface area contributed by atoms with Crippen molar-refractivity contribution in [1.82, 2.24) is 0 Å². The fourth-order valence-electron chi connectivity index (χ4n) is 1.19. The van der Waals surface area contributed by atoms with Crippen LogP contribution in [0.4, 0.5) is 0 Å². The molecule has 0 radical (unpaired) electrons. The quantitative estimate of drug-likeness (QED) is 0.495. The lowest BCUT2D eigenvalue weighted by atomic mass is 10.0. The number of aliphatic hydroxyl groups is 2. The zero-order chi connectivity index (χ0) is 10.0. The molecule has 1 saturated heterocycles. The van der Waals surface area contributed by atoms with Crippen molar-refractivity contribution in [2.24, 2.45) is 0 Å². The molecule has 0 bridgehead atoms. The standard InChI is InChI=1S/C7H12O6/c1-12-4-2-3(8)5(9)6(13-4)7(10)11/h3-6,8-9H,2H2,1H3,(H,10,11)/t3-,4+,5+,6-/m0/s1. The van der Waals surface area contributed by atoms with Gasteiger partial charge in [0.15, 0.2) is 12.4 Å². The van der Waals surface area contributed by atoms with E-state index in [1.807, 2.05) is 0 Å². The van der Waals surface area contributed by atoms with E-state index in [0.29, 0.717) is 0 Å². The van der Waals surface area contributed by atoms with Crippen LogP contribution in [0.25, 0.3) is 0 Å². The highest BCUT2D eigenvalue weighted by Gasteiger charge is 2.40. The molecular weight excluding hydrogens is 180 g/mol. The molecule has 0 aliphatic carbocycles. The summed E-state index contributed by atoms with van der Waals surface area (Å²) in [7, 11) is 1.34. The van der Waals surface area contributed by atoms with Gasteiger partial charge in [0.25, 0.3) is 0 Å². The number of carboxylic acid groups (broad SMARTS) is 1. The average molecular weight is 192 g/mol. The van der Waals surface area contributed by atoms with Gasteiger partial charge < -0.3 is 24.8 Å². The molecule has 0 aromatic rings. The molecule has 13 heavy (non-hydrogen) atoms. The number of methoxy groups -OCH3 is 1. The zero-order valence-electron chi connectivity index (χ0n) is 7.08. The SMILES string of the molecule is CO[C@H]1C[C@H](O)[C@@H](O)[C@@H](C(=O)O)O1. The van der Waals surface area contributed by atoms with Crippen LogP contribution in [0.1, 0.15) is 6.42 Å². The molecule has 1 rings (SSSR count). The van der Waals surface area contributed by atoms with Crippen LogP contribution in [0.2, 0.25) is 0 Å². The summed E-state index contributed by atoms with van der Waals surface area (Å²) in [5.74, 6) is -1.31. The molecule has 0 saturated carbocycles. The number of aliphatic carboxylic acids is 1. The first-order valence-electron chi connectivity index (χ1n) is 3.83. The average Bonchev–Trinajstić information content (AvgIpc) is 2.09. The minimum atomic E-state index is -1.42. The normalized spacial score (nSPS) is 40.2. The Morgan fingerprint density at radius 1 is 1.54 bits per heavy atom. The molecular formula is C7H12O6. The summed E-state index contributed by atoms with van der Waals surface area (Å²) in [4.78, 5) is 10.5. The summed E-state index contributed by atoms with van der Waals surface area (Å²) in [6, 6.07) is 0. The van der Waals surface area contributed by atoms with Crippen LogP contribution in [0.5, 0.6) is 0 Å².